The van der Waals surface area contributed by atoms with Gasteiger partial charge in [0.15, 0.2) is 18.3 Å². The molecule has 0 unspecified atom stereocenters. The maximum atomic E-state index is 5.84. The first-order chi connectivity index (χ1) is 12.1. The fourth-order valence-electron chi connectivity index (χ4n) is 3.33. The van der Waals surface area contributed by atoms with Crippen molar-refractivity contribution in [2.75, 3.05) is 28.1 Å². The Morgan fingerprint density at radius 2 is 1.64 bits per heavy atom. The lowest BCUT2D eigenvalue weighted by molar-refractivity contribution is 0.0503. The van der Waals surface area contributed by atoms with E-state index >= 15 is 0 Å². The van der Waals surface area contributed by atoms with Crippen LogP contribution in [0.2, 0.25) is 0 Å². The van der Waals surface area contributed by atoms with Crippen molar-refractivity contribution in [1.82, 2.24) is 4.57 Å². The number of ether oxygens (including phenoxy) is 4. The first-order valence-electron chi connectivity index (χ1n) is 8.05. The predicted octanol–water partition coefficient (Wildman–Crippen LogP) is 4.15. The van der Waals surface area contributed by atoms with Crippen LogP contribution in [0.4, 0.5) is 0 Å². The molecule has 0 spiro atoms. The van der Waals surface area contributed by atoms with Gasteiger partial charge in [0.1, 0.15) is 5.75 Å². The third-order valence-electron chi connectivity index (χ3n) is 4.43. The number of benzene rings is 2. The highest BCUT2D eigenvalue weighted by Crippen LogP contribution is 2.44. The second-order valence-electron chi connectivity index (χ2n) is 5.77. The normalized spacial score (nSPS) is 10.9. The number of para-hydroxylation sites is 1. The van der Waals surface area contributed by atoms with E-state index in [0.29, 0.717) is 11.5 Å². The van der Waals surface area contributed by atoms with Crippen LogP contribution in [0.25, 0.3) is 22.2 Å². The molecule has 0 amide bonds. The van der Waals surface area contributed by atoms with E-state index in [2.05, 4.69) is 17.6 Å². The van der Waals surface area contributed by atoms with Crippen LogP contribution in [-0.4, -0.2) is 32.7 Å². The first-order valence-corrected chi connectivity index (χ1v) is 8.05. The fraction of sp³-hybridized carbons (Fsp3) is 0.300. The largest absolute Gasteiger partial charge is 0.496 e. The number of rotatable bonds is 6. The van der Waals surface area contributed by atoms with Gasteiger partial charge in [-0.1, -0.05) is 12.1 Å². The Labute approximate surface area is 147 Å². The van der Waals surface area contributed by atoms with Gasteiger partial charge in [0, 0.05) is 25.1 Å². The van der Waals surface area contributed by atoms with Gasteiger partial charge in [0.05, 0.1) is 25.4 Å². The van der Waals surface area contributed by atoms with Gasteiger partial charge in [-0.3, -0.25) is 0 Å². The lowest BCUT2D eigenvalue weighted by Crippen LogP contribution is -2.01. The summed E-state index contributed by atoms with van der Waals surface area (Å²) in [6.45, 7) is 2.25. The first kappa shape index (κ1) is 17.2. The van der Waals surface area contributed by atoms with Crippen LogP contribution in [0.1, 0.15) is 5.56 Å². The Kier molecular flexibility index (Phi) is 4.86. The number of aryl methyl sites for hydroxylation is 2. The van der Waals surface area contributed by atoms with E-state index in [1.165, 1.54) is 0 Å². The molecule has 0 bridgehead atoms. The smallest absolute Gasteiger partial charge is 0.188 e. The average molecular weight is 341 g/mol. The molecule has 25 heavy (non-hydrogen) atoms. The Morgan fingerprint density at radius 1 is 0.920 bits per heavy atom. The summed E-state index contributed by atoms with van der Waals surface area (Å²) in [5.41, 5.74) is 4.29. The molecule has 1 aromatic heterocycles. The molecule has 5 heteroatoms. The Hall–Kier alpha value is -2.66. The Bertz CT molecular complexity index is 898. The lowest BCUT2D eigenvalue weighted by Gasteiger charge is -2.12. The molecule has 3 rings (SSSR count). The van der Waals surface area contributed by atoms with Crippen molar-refractivity contribution in [3.05, 3.63) is 42.0 Å². The SMILES string of the molecule is COCOc1c(OC)ccc2c1c(C)c(-c1ccccc1OC)n2C. The summed E-state index contributed by atoms with van der Waals surface area (Å²) in [7, 11) is 6.97. The minimum atomic E-state index is 0.161. The fourth-order valence-corrected chi connectivity index (χ4v) is 3.33. The lowest BCUT2D eigenvalue weighted by atomic mass is 10.0. The second-order valence-corrected chi connectivity index (χ2v) is 5.77. The Morgan fingerprint density at radius 3 is 2.32 bits per heavy atom. The summed E-state index contributed by atoms with van der Waals surface area (Å²) in [6.07, 6.45) is 0. The molecule has 1 heterocycles. The summed E-state index contributed by atoms with van der Waals surface area (Å²) in [5, 5.41) is 1.01. The topological polar surface area (TPSA) is 41.9 Å². The molecule has 0 radical (unpaired) electrons. The monoisotopic (exact) mass is 341 g/mol. The van der Waals surface area contributed by atoms with Gasteiger partial charge in [0.2, 0.25) is 0 Å². The summed E-state index contributed by atoms with van der Waals surface area (Å²) in [6, 6.07) is 12.0. The molecular weight excluding hydrogens is 318 g/mol. The van der Waals surface area contributed by atoms with Gasteiger partial charge in [0.25, 0.3) is 0 Å². The van der Waals surface area contributed by atoms with Crippen molar-refractivity contribution in [3.8, 4) is 28.5 Å². The zero-order valence-corrected chi connectivity index (χ0v) is 15.3. The molecule has 2 aromatic carbocycles. The molecular formula is C20H23NO4. The number of aromatic nitrogens is 1. The van der Waals surface area contributed by atoms with Crippen LogP contribution >= 0.6 is 0 Å². The van der Waals surface area contributed by atoms with Crippen LogP contribution in [0, 0.1) is 6.92 Å². The predicted molar refractivity (Wildman–Crippen MR) is 98.7 cm³/mol. The van der Waals surface area contributed by atoms with E-state index < -0.39 is 0 Å². The van der Waals surface area contributed by atoms with E-state index in [-0.39, 0.29) is 6.79 Å². The van der Waals surface area contributed by atoms with Crippen molar-refractivity contribution in [3.63, 3.8) is 0 Å². The van der Waals surface area contributed by atoms with E-state index in [0.717, 1.165) is 33.5 Å². The molecule has 5 nitrogen and oxygen atoms in total. The molecule has 0 fully saturated rings. The number of fused-ring (bicyclic) bond motifs is 1. The highest BCUT2D eigenvalue weighted by atomic mass is 16.7. The van der Waals surface area contributed by atoms with Gasteiger partial charge in [-0.25, -0.2) is 0 Å². The van der Waals surface area contributed by atoms with Gasteiger partial charge in [-0.15, -0.1) is 0 Å². The van der Waals surface area contributed by atoms with Crippen LogP contribution in [-0.2, 0) is 11.8 Å². The molecule has 0 saturated heterocycles. The second kappa shape index (κ2) is 7.07. The standard InChI is InChI=1S/C20H23NO4/c1-13-18-15(10-11-17(24-5)20(18)25-12-22-3)21(2)19(13)14-8-6-7-9-16(14)23-4/h6-11H,12H2,1-5H3. The molecule has 0 saturated carbocycles. The van der Waals surface area contributed by atoms with E-state index in [4.69, 9.17) is 18.9 Å². The van der Waals surface area contributed by atoms with Gasteiger partial charge in [-0.2, -0.15) is 0 Å². The molecule has 0 atom stereocenters. The number of hydrogen-bond acceptors (Lipinski definition) is 4. The number of nitrogens with zero attached hydrogens (tertiary/aromatic N) is 1. The third-order valence-corrected chi connectivity index (χ3v) is 4.43. The van der Waals surface area contributed by atoms with Crippen LogP contribution in [0.3, 0.4) is 0 Å². The summed E-state index contributed by atoms with van der Waals surface area (Å²) < 4.78 is 24.1. The molecule has 3 aromatic rings. The van der Waals surface area contributed by atoms with Crippen LogP contribution in [0.15, 0.2) is 36.4 Å². The summed E-state index contributed by atoms with van der Waals surface area (Å²) >= 11 is 0. The van der Waals surface area contributed by atoms with Crippen molar-refractivity contribution < 1.29 is 18.9 Å². The average Bonchev–Trinajstić information content (AvgIpc) is 2.90. The van der Waals surface area contributed by atoms with Crippen LogP contribution < -0.4 is 14.2 Å². The van der Waals surface area contributed by atoms with Crippen molar-refractivity contribution in [1.29, 1.82) is 0 Å². The highest BCUT2D eigenvalue weighted by Gasteiger charge is 2.21. The maximum absolute atomic E-state index is 5.84. The zero-order valence-electron chi connectivity index (χ0n) is 15.3. The number of hydrogen-bond donors (Lipinski definition) is 0. The van der Waals surface area contributed by atoms with Crippen molar-refractivity contribution in [2.45, 2.75) is 6.92 Å². The van der Waals surface area contributed by atoms with Crippen molar-refractivity contribution in [2.24, 2.45) is 7.05 Å². The minimum absolute atomic E-state index is 0.161. The maximum Gasteiger partial charge on any atom is 0.188 e. The third kappa shape index (κ3) is 2.81. The molecule has 0 aliphatic rings. The molecule has 132 valence electrons. The van der Waals surface area contributed by atoms with Crippen LogP contribution in [0.5, 0.6) is 17.2 Å². The van der Waals surface area contributed by atoms with Gasteiger partial charge in [-0.05, 0) is 36.8 Å². The Balaban J connectivity index is 2.32. The zero-order chi connectivity index (χ0) is 18.0. The molecule has 0 N–H and O–H groups in total. The summed E-state index contributed by atoms with van der Waals surface area (Å²) in [4.78, 5) is 0. The van der Waals surface area contributed by atoms with E-state index in [1.54, 1.807) is 21.3 Å². The van der Waals surface area contributed by atoms with Gasteiger partial charge < -0.3 is 23.5 Å². The van der Waals surface area contributed by atoms with Crippen molar-refractivity contribution >= 4 is 10.9 Å². The van der Waals surface area contributed by atoms with E-state index in [9.17, 15) is 0 Å². The minimum Gasteiger partial charge on any atom is -0.496 e. The summed E-state index contributed by atoms with van der Waals surface area (Å²) in [5.74, 6) is 2.21. The highest BCUT2D eigenvalue weighted by molar-refractivity contribution is 5.98. The van der Waals surface area contributed by atoms with Gasteiger partial charge >= 0.3 is 0 Å². The number of methoxy groups -OCH3 is 3. The molecule has 0 aliphatic heterocycles. The van der Waals surface area contributed by atoms with E-state index in [1.807, 2.05) is 37.4 Å². The quantitative estimate of drug-likeness (QED) is 0.632. The molecule has 0 aliphatic carbocycles.